The Labute approximate surface area is 372 Å². The van der Waals surface area contributed by atoms with Crippen molar-refractivity contribution >= 4 is 8.53 Å². The van der Waals surface area contributed by atoms with Crippen LogP contribution in [0.1, 0.15) is 181 Å². The number of unbranched alkanes of at least 4 members (excludes halogenated alkanes) is 2. The van der Waals surface area contributed by atoms with Crippen LogP contribution in [-0.2, 0) is 51.4 Å². The summed E-state index contributed by atoms with van der Waals surface area (Å²) in [6.45, 7) is 37.6. The monoisotopic (exact) mass is 848 g/mol. The topological polar surface area (TPSA) is 40.2 Å². The molecule has 4 aromatic carbocycles. The van der Waals surface area contributed by atoms with Gasteiger partial charge in [0, 0.05) is 13.1 Å². The molecule has 6 heteroatoms. The van der Waals surface area contributed by atoms with Crippen molar-refractivity contribution in [2.45, 2.75) is 187 Å². The first-order valence-electron chi connectivity index (χ1n) is 23.1. The molecule has 0 bridgehead atoms. The third-order valence-electron chi connectivity index (χ3n) is 12.8. The van der Waals surface area contributed by atoms with Gasteiger partial charge in [-0.1, -0.05) is 207 Å². The number of fused-ring (bicyclic) bond motifs is 1. The molecule has 2 aliphatic heterocycles. The van der Waals surface area contributed by atoms with Crippen LogP contribution in [0, 0.1) is 0 Å². The molecule has 2 saturated heterocycles. The maximum Gasteiger partial charge on any atom is 0.261 e. The van der Waals surface area contributed by atoms with Crippen LogP contribution in [0.4, 0.5) is 0 Å². The third-order valence-corrected chi connectivity index (χ3v) is 14.6. The van der Waals surface area contributed by atoms with Gasteiger partial charge < -0.3 is 18.5 Å². The lowest BCUT2D eigenvalue weighted by molar-refractivity contribution is -0.175. The van der Waals surface area contributed by atoms with Crippen molar-refractivity contribution in [1.29, 1.82) is 0 Å². The molecule has 61 heavy (non-hydrogen) atoms. The van der Waals surface area contributed by atoms with Crippen molar-refractivity contribution < 1.29 is 18.5 Å². The summed E-state index contributed by atoms with van der Waals surface area (Å²) in [5, 5.41) is 0. The van der Waals surface area contributed by atoms with E-state index in [1.807, 2.05) is 13.8 Å². The number of nitrogens with zero attached hydrogens (tertiary/aromatic N) is 1. The van der Waals surface area contributed by atoms with Crippen LogP contribution < -0.4 is 0 Å². The Kier molecular flexibility index (Phi) is 13.7. The van der Waals surface area contributed by atoms with Crippen LogP contribution in [0.25, 0.3) is 0 Å². The van der Waals surface area contributed by atoms with Gasteiger partial charge in [-0.25, -0.2) is 4.67 Å². The first kappa shape index (κ1) is 47.6. The van der Waals surface area contributed by atoms with E-state index < -0.39 is 37.7 Å². The smallest absolute Gasteiger partial charge is 0.261 e. The second-order valence-electron chi connectivity index (χ2n) is 22.3. The van der Waals surface area contributed by atoms with Crippen molar-refractivity contribution in [3.05, 3.63) is 142 Å². The largest absolute Gasteiger partial charge is 0.341 e. The molecule has 4 aromatic rings. The zero-order chi connectivity index (χ0) is 44.8. The van der Waals surface area contributed by atoms with Crippen molar-refractivity contribution in [3.63, 3.8) is 0 Å². The summed E-state index contributed by atoms with van der Waals surface area (Å²) in [7, 11) is -1.76. The predicted octanol–water partition coefficient (Wildman–Crippen LogP) is 14.8. The first-order valence-corrected chi connectivity index (χ1v) is 24.2. The minimum Gasteiger partial charge on any atom is -0.341 e. The second-order valence-corrected chi connectivity index (χ2v) is 23.7. The molecule has 0 unspecified atom stereocenters. The van der Waals surface area contributed by atoms with Crippen molar-refractivity contribution in [2.24, 2.45) is 0 Å². The quantitative estimate of drug-likeness (QED) is 0.141. The molecular formula is C55H78NO4P. The van der Waals surface area contributed by atoms with Crippen LogP contribution >= 0.6 is 8.53 Å². The molecule has 5 nitrogen and oxygen atoms in total. The van der Waals surface area contributed by atoms with E-state index in [0.29, 0.717) is 0 Å². The Balaban J connectivity index is 1.76. The summed E-state index contributed by atoms with van der Waals surface area (Å²) >= 11 is 0. The fraction of sp³-hybridized carbons (Fsp3) is 0.564. The zero-order valence-electron chi connectivity index (χ0n) is 40.7. The number of hydrogen-bond acceptors (Lipinski definition) is 5. The van der Waals surface area contributed by atoms with Gasteiger partial charge in [0.25, 0.3) is 8.53 Å². The molecule has 6 rings (SSSR count). The van der Waals surface area contributed by atoms with E-state index in [1.165, 1.54) is 22.3 Å². The van der Waals surface area contributed by atoms with Crippen LogP contribution in [0.5, 0.6) is 0 Å². The molecule has 0 radical (unpaired) electrons. The lowest BCUT2D eigenvalue weighted by Crippen LogP contribution is -2.53. The van der Waals surface area contributed by atoms with Gasteiger partial charge in [0.1, 0.15) is 12.2 Å². The minimum absolute atomic E-state index is 0.0255. The summed E-state index contributed by atoms with van der Waals surface area (Å²) < 4.78 is 33.6. The summed E-state index contributed by atoms with van der Waals surface area (Å²) in [5.41, 5.74) is 6.85. The average Bonchev–Trinajstić information content (AvgIpc) is 3.47. The predicted molar refractivity (Wildman–Crippen MR) is 256 cm³/mol. The molecule has 0 amide bonds. The van der Waals surface area contributed by atoms with E-state index in [4.69, 9.17) is 18.5 Å². The molecule has 2 atom stereocenters. The summed E-state index contributed by atoms with van der Waals surface area (Å²) in [4.78, 5) is 0. The lowest BCUT2D eigenvalue weighted by atomic mass is 9.70. The average molecular weight is 848 g/mol. The highest BCUT2D eigenvalue weighted by molar-refractivity contribution is 7.44. The summed E-state index contributed by atoms with van der Waals surface area (Å²) in [5.74, 6) is -0.962. The maximum absolute atomic E-state index is 8.10. The van der Waals surface area contributed by atoms with E-state index in [-0.39, 0.29) is 21.7 Å². The molecule has 0 aromatic heterocycles. The Morgan fingerprint density at radius 2 is 0.689 bits per heavy atom. The Hall–Kier alpha value is -2.89. The number of rotatable bonds is 11. The highest BCUT2D eigenvalue weighted by Crippen LogP contribution is 2.66. The van der Waals surface area contributed by atoms with E-state index in [1.54, 1.807) is 0 Å². The molecule has 0 saturated carbocycles. The molecule has 0 N–H and O–H groups in total. The molecule has 0 aliphatic carbocycles. The fourth-order valence-electron chi connectivity index (χ4n) is 8.87. The van der Waals surface area contributed by atoms with E-state index in [2.05, 4.69) is 199 Å². The maximum atomic E-state index is 8.10. The Bertz CT molecular complexity index is 1780. The minimum atomic E-state index is -1.76. The van der Waals surface area contributed by atoms with Gasteiger partial charge in [0.15, 0.2) is 17.0 Å². The molecular weight excluding hydrogens is 770 g/mol. The highest BCUT2D eigenvalue weighted by atomic mass is 31.2. The number of ether oxygens (including phenoxy) is 2. The normalized spacial score (nSPS) is 20.7. The van der Waals surface area contributed by atoms with Crippen molar-refractivity contribution in [3.8, 4) is 0 Å². The van der Waals surface area contributed by atoms with Gasteiger partial charge >= 0.3 is 0 Å². The molecule has 0 spiro atoms. The molecule has 2 heterocycles. The molecule has 332 valence electrons. The molecule has 2 aliphatic rings. The zero-order valence-corrected chi connectivity index (χ0v) is 41.6. The van der Waals surface area contributed by atoms with E-state index in [9.17, 15) is 0 Å². The van der Waals surface area contributed by atoms with Gasteiger partial charge in [-0.2, -0.15) is 0 Å². The van der Waals surface area contributed by atoms with Gasteiger partial charge in [-0.05, 0) is 92.9 Å². The summed E-state index contributed by atoms with van der Waals surface area (Å²) in [6, 6.07) is 36.5. The van der Waals surface area contributed by atoms with Gasteiger partial charge in [-0.3, -0.25) is 0 Å². The third kappa shape index (κ3) is 9.79. The van der Waals surface area contributed by atoms with Crippen LogP contribution in [0.3, 0.4) is 0 Å². The number of benzene rings is 4. The summed E-state index contributed by atoms with van der Waals surface area (Å²) in [6.07, 6.45) is 2.95. The van der Waals surface area contributed by atoms with Crippen LogP contribution in [0.15, 0.2) is 97.1 Å². The Morgan fingerprint density at radius 1 is 0.443 bits per heavy atom. The van der Waals surface area contributed by atoms with Crippen molar-refractivity contribution in [2.75, 3.05) is 13.1 Å². The van der Waals surface area contributed by atoms with Crippen LogP contribution in [-0.4, -0.2) is 35.8 Å². The SMILES string of the molecule is CCCCN(CCCC)P1OC(c2ccc(C(C)(C)C)cc2)(c2ccc(C(C)(C)C)cc2)[C@@H]2OC(C)(C)O[C@H]2C(c2ccc(C(C)(C)C)cc2)(c2ccc(C(C)(C)C)cc2)O1. The van der Waals surface area contributed by atoms with Crippen LogP contribution in [0.2, 0.25) is 0 Å². The van der Waals surface area contributed by atoms with Crippen molar-refractivity contribution in [1.82, 2.24) is 4.67 Å². The lowest BCUT2D eigenvalue weighted by Gasteiger charge is -2.42. The second kappa shape index (κ2) is 17.6. The van der Waals surface area contributed by atoms with Gasteiger partial charge in [0.2, 0.25) is 0 Å². The van der Waals surface area contributed by atoms with Gasteiger partial charge in [0.05, 0.1) is 0 Å². The highest BCUT2D eigenvalue weighted by Gasteiger charge is 2.67. The van der Waals surface area contributed by atoms with E-state index >= 15 is 0 Å². The van der Waals surface area contributed by atoms with Gasteiger partial charge in [-0.15, -0.1) is 0 Å². The first-order chi connectivity index (χ1) is 28.4. The molecule has 2 fully saturated rings. The van der Waals surface area contributed by atoms with E-state index in [0.717, 1.165) is 61.0 Å². The number of hydrogen-bond donors (Lipinski definition) is 0. The fourth-order valence-corrected chi connectivity index (χ4v) is 10.9. The Morgan fingerprint density at radius 3 is 0.902 bits per heavy atom. The standard InChI is InChI=1S/C55H78NO4P/c1-17-19-37-56(38-20-18-2)61-59-54(43-29-21-39(22-30-43)49(3,4)5,44-31-23-40(24-32-44)50(6,7)8)47-48(58-53(15,16)57-47)55(60-61,45-33-25-41(26-34-45)51(9,10)11)46-35-27-42(28-36-46)52(12,13)14/h21-36,47-48H,17-20,37-38H2,1-16H3/t47-,48-/m1/s1.